The van der Waals surface area contributed by atoms with E-state index in [0.29, 0.717) is 5.92 Å². The van der Waals surface area contributed by atoms with Crippen LogP contribution in [0.5, 0.6) is 0 Å². The quantitative estimate of drug-likeness (QED) is 0.901. The van der Waals surface area contributed by atoms with Gasteiger partial charge in [-0.25, -0.2) is 4.98 Å². The average Bonchev–Trinajstić information content (AvgIpc) is 2.17. The molecule has 0 aliphatic carbocycles. The molecule has 1 aromatic heterocycles. The predicted molar refractivity (Wildman–Crippen MR) is 73.0 cm³/mol. The average molecular weight is 286 g/mol. The molecule has 90 valence electrons. The summed E-state index contributed by atoms with van der Waals surface area (Å²) < 4.78 is 1.06. The van der Waals surface area contributed by atoms with Crippen LogP contribution >= 0.6 is 15.9 Å². The van der Waals surface area contributed by atoms with E-state index < -0.39 is 0 Å². The molecule has 1 unspecified atom stereocenters. The molecular formula is C12H20BrN3. The van der Waals surface area contributed by atoms with Crippen molar-refractivity contribution in [1.29, 1.82) is 0 Å². The second-order valence-electron chi connectivity index (χ2n) is 4.36. The molecule has 1 rings (SSSR count). The lowest BCUT2D eigenvalue weighted by atomic mass is 10.1. The van der Waals surface area contributed by atoms with E-state index in [2.05, 4.69) is 51.2 Å². The highest BCUT2D eigenvalue weighted by molar-refractivity contribution is 9.10. The Labute approximate surface area is 106 Å². The van der Waals surface area contributed by atoms with Crippen LogP contribution in [0.4, 0.5) is 5.82 Å². The number of rotatable bonds is 5. The number of anilines is 1. The zero-order valence-corrected chi connectivity index (χ0v) is 12.0. The van der Waals surface area contributed by atoms with Crippen molar-refractivity contribution in [3.8, 4) is 0 Å². The second-order valence-corrected chi connectivity index (χ2v) is 5.22. The smallest absolute Gasteiger partial charge is 0.142 e. The molecule has 0 fully saturated rings. The molecule has 0 radical (unpaired) electrons. The molecule has 0 spiro atoms. The first kappa shape index (κ1) is 13.5. The standard InChI is InChI=1S/C12H20BrN3/c1-9-5-11(13)12(15-7-9)16(4)8-10(2)6-14-3/h5,7,10,14H,6,8H2,1-4H3. The summed E-state index contributed by atoms with van der Waals surface area (Å²) in [6.07, 6.45) is 1.90. The van der Waals surface area contributed by atoms with Crippen molar-refractivity contribution >= 4 is 21.7 Å². The van der Waals surface area contributed by atoms with Gasteiger partial charge in [0.1, 0.15) is 5.82 Å². The van der Waals surface area contributed by atoms with E-state index in [9.17, 15) is 0 Å². The van der Waals surface area contributed by atoms with Crippen LogP contribution in [0.3, 0.4) is 0 Å². The fourth-order valence-corrected chi connectivity index (χ4v) is 2.54. The molecule has 1 atom stereocenters. The van der Waals surface area contributed by atoms with Gasteiger partial charge in [-0.15, -0.1) is 0 Å². The van der Waals surface area contributed by atoms with Crippen molar-refractivity contribution in [2.45, 2.75) is 13.8 Å². The van der Waals surface area contributed by atoms with Gasteiger partial charge in [-0.1, -0.05) is 6.92 Å². The van der Waals surface area contributed by atoms with E-state index in [1.807, 2.05) is 20.2 Å². The molecule has 4 heteroatoms. The summed E-state index contributed by atoms with van der Waals surface area (Å²) >= 11 is 3.56. The number of halogens is 1. The van der Waals surface area contributed by atoms with E-state index in [-0.39, 0.29) is 0 Å². The van der Waals surface area contributed by atoms with Crippen LogP contribution in [-0.2, 0) is 0 Å². The normalized spacial score (nSPS) is 12.6. The minimum Gasteiger partial charge on any atom is -0.358 e. The molecule has 3 nitrogen and oxygen atoms in total. The summed E-state index contributed by atoms with van der Waals surface area (Å²) in [7, 11) is 4.06. The Bertz CT molecular complexity index is 341. The van der Waals surface area contributed by atoms with Crippen LogP contribution in [0, 0.1) is 12.8 Å². The van der Waals surface area contributed by atoms with Gasteiger partial charge in [0.15, 0.2) is 0 Å². The molecule has 0 amide bonds. The van der Waals surface area contributed by atoms with Crippen molar-refractivity contribution in [3.05, 3.63) is 22.3 Å². The van der Waals surface area contributed by atoms with Crippen molar-refractivity contribution in [2.75, 3.05) is 32.1 Å². The number of nitrogens with zero attached hydrogens (tertiary/aromatic N) is 2. The van der Waals surface area contributed by atoms with Crippen molar-refractivity contribution in [3.63, 3.8) is 0 Å². The first-order valence-electron chi connectivity index (χ1n) is 5.52. The van der Waals surface area contributed by atoms with Gasteiger partial charge in [-0.2, -0.15) is 0 Å². The molecule has 0 aromatic carbocycles. The van der Waals surface area contributed by atoms with Gasteiger partial charge in [-0.3, -0.25) is 0 Å². The summed E-state index contributed by atoms with van der Waals surface area (Å²) in [5, 5.41) is 3.19. The molecular weight excluding hydrogens is 266 g/mol. The lowest BCUT2D eigenvalue weighted by molar-refractivity contribution is 0.540. The Morgan fingerprint density at radius 3 is 2.81 bits per heavy atom. The highest BCUT2D eigenvalue weighted by Crippen LogP contribution is 2.23. The summed E-state index contributed by atoms with van der Waals surface area (Å²) in [5.41, 5.74) is 1.17. The van der Waals surface area contributed by atoms with Gasteiger partial charge in [0.25, 0.3) is 0 Å². The monoisotopic (exact) mass is 285 g/mol. The molecule has 1 aromatic rings. The third-order valence-corrected chi connectivity index (χ3v) is 3.04. The van der Waals surface area contributed by atoms with Gasteiger partial charge >= 0.3 is 0 Å². The Balaban J connectivity index is 2.69. The fraction of sp³-hybridized carbons (Fsp3) is 0.583. The van der Waals surface area contributed by atoms with Crippen LogP contribution < -0.4 is 10.2 Å². The van der Waals surface area contributed by atoms with Gasteiger partial charge in [0.05, 0.1) is 4.47 Å². The fourth-order valence-electron chi connectivity index (χ4n) is 1.77. The van der Waals surface area contributed by atoms with E-state index >= 15 is 0 Å². The maximum absolute atomic E-state index is 4.45. The highest BCUT2D eigenvalue weighted by Gasteiger charge is 2.10. The molecule has 0 bridgehead atoms. The Kier molecular flexibility index (Phi) is 5.22. The SMILES string of the molecule is CNCC(C)CN(C)c1ncc(C)cc1Br. The van der Waals surface area contributed by atoms with Crippen LogP contribution in [0.1, 0.15) is 12.5 Å². The Hall–Kier alpha value is -0.610. The summed E-state index contributed by atoms with van der Waals surface area (Å²) in [4.78, 5) is 6.64. The Morgan fingerprint density at radius 2 is 2.25 bits per heavy atom. The van der Waals surface area contributed by atoms with Crippen molar-refractivity contribution in [2.24, 2.45) is 5.92 Å². The lowest BCUT2D eigenvalue weighted by Gasteiger charge is -2.23. The molecule has 16 heavy (non-hydrogen) atoms. The highest BCUT2D eigenvalue weighted by atomic mass is 79.9. The first-order chi connectivity index (χ1) is 7.54. The molecule has 1 heterocycles. The zero-order chi connectivity index (χ0) is 12.1. The van der Waals surface area contributed by atoms with Gasteiger partial charge < -0.3 is 10.2 Å². The third kappa shape index (κ3) is 3.76. The third-order valence-electron chi connectivity index (χ3n) is 2.46. The molecule has 0 aliphatic rings. The predicted octanol–water partition coefficient (Wildman–Crippen LogP) is 2.44. The second kappa shape index (κ2) is 6.21. The molecule has 1 N–H and O–H groups in total. The van der Waals surface area contributed by atoms with Crippen molar-refractivity contribution < 1.29 is 0 Å². The number of nitrogens with one attached hydrogen (secondary N) is 1. The van der Waals surface area contributed by atoms with Crippen LogP contribution in [0.25, 0.3) is 0 Å². The number of aromatic nitrogens is 1. The van der Waals surface area contributed by atoms with Crippen LogP contribution in [0.15, 0.2) is 16.7 Å². The van der Waals surface area contributed by atoms with Crippen LogP contribution in [-0.4, -0.2) is 32.2 Å². The van der Waals surface area contributed by atoms with Gasteiger partial charge in [0, 0.05) is 19.8 Å². The lowest BCUT2D eigenvalue weighted by Crippen LogP contribution is -2.30. The minimum absolute atomic E-state index is 0.602. The van der Waals surface area contributed by atoms with E-state index in [1.165, 1.54) is 5.56 Å². The minimum atomic E-state index is 0.602. The molecule has 0 aliphatic heterocycles. The number of hydrogen-bond acceptors (Lipinski definition) is 3. The molecule has 0 saturated carbocycles. The van der Waals surface area contributed by atoms with E-state index in [4.69, 9.17) is 0 Å². The van der Waals surface area contributed by atoms with Crippen molar-refractivity contribution in [1.82, 2.24) is 10.3 Å². The zero-order valence-electron chi connectivity index (χ0n) is 10.4. The Morgan fingerprint density at radius 1 is 1.56 bits per heavy atom. The number of hydrogen-bond donors (Lipinski definition) is 1. The van der Waals surface area contributed by atoms with Gasteiger partial charge in [-0.05, 0) is 54.0 Å². The summed E-state index contributed by atoms with van der Waals surface area (Å²) in [6.45, 7) is 6.30. The first-order valence-corrected chi connectivity index (χ1v) is 6.31. The topological polar surface area (TPSA) is 28.2 Å². The van der Waals surface area contributed by atoms with Crippen LogP contribution in [0.2, 0.25) is 0 Å². The van der Waals surface area contributed by atoms with Gasteiger partial charge in [0.2, 0.25) is 0 Å². The maximum Gasteiger partial charge on any atom is 0.142 e. The number of aryl methyl sites for hydroxylation is 1. The van der Waals surface area contributed by atoms with E-state index in [0.717, 1.165) is 23.4 Å². The maximum atomic E-state index is 4.45. The summed E-state index contributed by atoms with van der Waals surface area (Å²) in [6, 6.07) is 2.10. The van der Waals surface area contributed by atoms with E-state index in [1.54, 1.807) is 0 Å². The largest absolute Gasteiger partial charge is 0.358 e. The summed E-state index contributed by atoms with van der Waals surface area (Å²) in [5.74, 6) is 1.61. The number of pyridine rings is 1. The molecule has 0 saturated heterocycles.